The lowest BCUT2D eigenvalue weighted by Crippen LogP contribution is -1.83. The van der Waals surface area contributed by atoms with E-state index in [1.165, 1.54) is 0 Å². The molecule has 2 aromatic rings. The molecule has 1 aromatic heterocycles. The maximum atomic E-state index is 11.1. The lowest BCUT2D eigenvalue weighted by Gasteiger charge is -1.97. The number of halogens is 1. The summed E-state index contributed by atoms with van der Waals surface area (Å²) in [5.74, 6) is 0.693. The van der Waals surface area contributed by atoms with E-state index in [-0.39, 0.29) is 4.21 Å². The van der Waals surface area contributed by atoms with Gasteiger partial charge in [0.05, 0.1) is 7.11 Å². The molecule has 2 rings (SSSR count). The molecule has 0 unspecified atom stereocenters. The molecule has 0 aliphatic rings. The first-order valence-corrected chi connectivity index (χ1v) is 7.15. The number of thiophene rings is 1. The fraction of sp³-hybridized carbons (Fsp3) is 0.111. The van der Waals surface area contributed by atoms with Crippen LogP contribution in [0.2, 0.25) is 0 Å². The van der Waals surface area contributed by atoms with E-state index in [2.05, 4.69) is 0 Å². The van der Waals surface area contributed by atoms with E-state index < -0.39 is 9.05 Å². The number of benzene rings is 1. The zero-order chi connectivity index (χ0) is 11.1. The van der Waals surface area contributed by atoms with Crippen LogP contribution in [0.1, 0.15) is 0 Å². The monoisotopic (exact) mass is 262 g/mol. The van der Waals surface area contributed by atoms with Crippen molar-refractivity contribution in [2.24, 2.45) is 0 Å². The minimum atomic E-state index is -3.63. The molecule has 15 heavy (non-hydrogen) atoms. The van der Waals surface area contributed by atoms with Crippen LogP contribution in [0, 0.1) is 0 Å². The van der Waals surface area contributed by atoms with Gasteiger partial charge in [0.2, 0.25) is 0 Å². The molecular formula is C9H7ClO3S2. The highest BCUT2D eigenvalue weighted by atomic mass is 35.7. The quantitative estimate of drug-likeness (QED) is 0.782. The second-order valence-electron chi connectivity index (χ2n) is 2.91. The molecule has 0 bridgehead atoms. The van der Waals surface area contributed by atoms with E-state index in [1.807, 2.05) is 6.07 Å². The van der Waals surface area contributed by atoms with Crippen LogP contribution in [-0.2, 0) is 9.05 Å². The van der Waals surface area contributed by atoms with Crippen LogP contribution >= 0.6 is 22.0 Å². The Morgan fingerprint density at radius 3 is 2.67 bits per heavy atom. The van der Waals surface area contributed by atoms with Gasteiger partial charge in [-0.15, -0.1) is 11.3 Å². The summed E-state index contributed by atoms with van der Waals surface area (Å²) in [6.45, 7) is 0. The van der Waals surface area contributed by atoms with Crippen LogP contribution in [0.3, 0.4) is 0 Å². The molecule has 0 amide bonds. The Morgan fingerprint density at radius 2 is 2.07 bits per heavy atom. The van der Waals surface area contributed by atoms with Gasteiger partial charge in [0.1, 0.15) is 9.96 Å². The van der Waals surface area contributed by atoms with Gasteiger partial charge in [0, 0.05) is 15.4 Å². The normalized spacial score (nSPS) is 11.9. The third-order valence-corrected chi connectivity index (χ3v) is 5.13. The van der Waals surface area contributed by atoms with Crippen molar-refractivity contribution in [1.82, 2.24) is 0 Å². The minimum absolute atomic E-state index is 0.160. The zero-order valence-corrected chi connectivity index (χ0v) is 10.1. The molecule has 0 fully saturated rings. The topological polar surface area (TPSA) is 43.4 Å². The first-order valence-electron chi connectivity index (χ1n) is 4.03. The van der Waals surface area contributed by atoms with Gasteiger partial charge in [0.25, 0.3) is 9.05 Å². The number of ether oxygens (including phenoxy) is 1. The number of fused-ring (bicyclic) bond motifs is 1. The number of hydrogen-bond acceptors (Lipinski definition) is 4. The SMILES string of the molecule is COc1ccc2sc(S(=O)(=O)Cl)cc2c1. The number of hydrogen-bond donors (Lipinski definition) is 0. The van der Waals surface area contributed by atoms with Crippen LogP contribution in [0.4, 0.5) is 0 Å². The Kier molecular flexibility index (Phi) is 2.62. The van der Waals surface area contributed by atoms with E-state index in [0.717, 1.165) is 21.4 Å². The molecule has 0 saturated heterocycles. The van der Waals surface area contributed by atoms with Gasteiger partial charge < -0.3 is 4.74 Å². The van der Waals surface area contributed by atoms with E-state index in [1.54, 1.807) is 25.3 Å². The van der Waals surface area contributed by atoms with Crippen molar-refractivity contribution in [3.63, 3.8) is 0 Å². The highest BCUT2D eigenvalue weighted by molar-refractivity contribution is 8.15. The average Bonchev–Trinajstić information content (AvgIpc) is 2.59. The fourth-order valence-corrected chi connectivity index (χ4v) is 3.37. The Labute approximate surface area is 95.7 Å². The molecule has 0 aliphatic carbocycles. The lowest BCUT2D eigenvalue weighted by atomic mass is 10.2. The average molecular weight is 263 g/mol. The smallest absolute Gasteiger partial charge is 0.270 e. The summed E-state index contributed by atoms with van der Waals surface area (Å²) in [5, 5.41) is 0.818. The Balaban J connectivity index is 2.66. The van der Waals surface area contributed by atoms with Gasteiger partial charge in [-0.2, -0.15) is 0 Å². The maximum Gasteiger partial charge on any atom is 0.270 e. The molecule has 0 atom stereocenters. The number of rotatable bonds is 2. The van der Waals surface area contributed by atoms with E-state index in [0.29, 0.717) is 5.75 Å². The summed E-state index contributed by atoms with van der Waals surface area (Å²) in [5.41, 5.74) is 0. The predicted molar refractivity (Wildman–Crippen MR) is 61.4 cm³/mol. The zero-order valence-electron chi connectivity index (χ0n) is 7.73. The summed E-state index contributed by atoms with van der Waals surface area (Å²) in [4.78, 5) is 0. The van der Waals surface area contributed by atoms with Crippen LogP contribution in [0.5, 0.6) is 5.75 Å². The summed E-state index contributed by atoms with van der Waals surface area (Å²) in [7, 11) is 3.18. The molecule has 0 N–H and O–H groups in total. The van der Waals surface area contributed by atoms with E-state index in [9.17, 15) is 8.42 Å². The van der Waals surface area contributed by atoms with Crippen LogP contribution in [-0.4, -0.2) is 15.5 Å². The Bertz CT molecular complexity index is 601. The molecule has 6 heteroatoms. The lowest BCUT2D eigenvalue weighted by molar-refractivity contribution is 0.415. The van der Waals surface area contributed by atoms with Crippen molar-refractivity contribution in [3.8, 4) is 5.75 Å². The highest BCUT2D eigenvalue weighted by Crippen LogP contribution is 2.32. The van der Waals surface area contributed by atoms with Crippen LogP contribution < -0.4 is 4.74 Å². The largest absolute Gasteiger partial charge is 0.497 e. The van der Waals surface area contributed by atoms with Crippen molar-refractivity contribution in [2.75, 3.05) is 7.11 Å². The van der Waals surface area contributed by atoms with Crippen molar-refractivity contribution in [2.45, 2.75) is 4.21 Å². The molecule has 1 heterocycles. The fourth-order valence-electron chi connectivity index (χ4n) is 1.24. The van der Waals surface area contributed by atoms with Gasteiger partial charge in [0.15, 0.2) is 0 Å². The maximum absolute atomic E-state index is 11.1. The summed E-state index contributed by atoms with van der Waals surface area (Å²) in [6, 6.07) is 6.91. The molecule has 0 spiro atoms. The number of methoxy groups -OCH3 is 1. The standard InChI is InChI=1S/C9H7ClO3S2/c1-13-7-2-3-8-6(4-7)5-9(14-8)15(10,11)12/h2-5H,1H3. The van der Waals surface area contributed by atoms with Gasteiger partial charge in [-0.25, -0.2) is 8.42 Å². The molecule has 0 aliphatic heterocycles. The van der Waals surface area contributed by atoms with Crippen molar-refractivity contribution in [3.05, 3.63) is 24.3 Å². The third kappa shape index (κ3) is 2.09. The first kappa shape index (κ1) is 10.7. The van der Waals surface area contributed by atoms with E-state index in [4.69, 9.17) is 15.4 Å². The summed E-state index contributed by atoms with van der Waals surface area (Å²) >= 11 is 1.15. The third-order valence-electron chi connectivity index (χ3n) is 1.94. The summed E-state index contributed by atoms with van der Waals surface area (Å²) < 4.78 is 28.3. The van der Waals surface area contributed by atoms with Gasteiger partial charge in [-0.05, 0) is 29.7 Å². The predicted octanol–water partition coefficient (Wildman–Crippen LogP) is 2.84. The summed E-state index contributed by atoms with van der Waals surface area (Å²) in [6.07, 6.45) is 0. The molecule has 0 saturated carbocycles. The molecule has 0 radical (unpaired) electrons. The Hall–Kier alpha value is -0.780. The molecule has 1 aromatic carbocycles. The van der Waals surface area contributed by atoms with Crippen molar-refractivity contribution < 1.29 is 13.2 Å². The second kappa shape index (κ2) is 3.66. The van der Waals surface area contributed by atoms with E-state index >= 15 is 0 Å². The second-order valence-corrected chi connectivity index (χ2v) is 6.78. The van der Waals surface area contributed by atoms with Crippen molar-refractivity contribution in [1.29, 1.82) is 0 Å². The van der Waals surface area contributed by atoms with Crippen molar-refractivity contribution >= 4 is 41.2 Å². The minimum Gasteiger partial charge on any atom is -0.497 e. The first-order chi connectivity index (χ1) is 7.00. The van der Waals surface area contributed by atoms with Gasteiger partial charge in [-0.1, -0.05) is 0 Å². The molecule has 80 valence electrons. The highest BCUT2D eigenvalue weighted by Gasteiger charge is 2.14. The Morgan fingerprint density at radius 1 is 1.33 bits per heavy atom. The van der Waals surface area contributed by atoms with Crippen LogP contribution in [0.15, 0.2) is 28.5 Å². The molecular weight excluding hydrogens is 256 g/mol. The van der Waals surface area contributed by atoms with Gasteiger partial charge >= 0.3 is 0 Å². The molecule has 3 nitrogen and oxygen atoms in total. The van der Waals surface area contributed by atoms with Crippen LogP contribution in [0.25, 0.3) is 10.1 Å². The van der Waals surface area contributed by atoms with Gasteiger partial charge in [-0.3, -0.25) is 0 Å².